The number of benzene rings is 2. The van der Waals surface area contributed by atoms with Crippen LogP contribution in [0.4, 0.5) is 17.3 Å². The Balaban J connectivity index is 0.000000418. The van der Waals surface area contributed by atoms with Crippen LogP contribution in [-0.2, 0) is 17.8 Å². The van der Waals surface area contributed by atoms with Crippen LogP contribution in [0.3, 0.4) is 0 Å². The number of aryl methyl sites for hydroxylation is 3. The van der Waals surface area contributed by atoms with E-state index in [-0.39, 0.29) is 12.1 Å². The van der Waals surface area contributed by atoms with E-state index in [4.69, 9.17) is 9.84 Å². The highest BCUT2D eigenvalue weighted by atomic mass is 79.9. The highest BCUT2D eigenvalue weighted by Gasteiger charge is 2.43. The van der Waals surface area contributed by atoms with Crippen molar-refractivity contribution in [2.45, 2.75) is 45.9 Å². The summed E-state index contributed by atoms with van der Waals surface area (Å²) in [5.74, 6) is 0.985. The van der Waals surface area contributed by atoms with E-state index < -0.39 is 7.25 Å². The van der Waals surface area contributed by atoms with Gasteiger partial charge >= 0.3 is 13.1 Å². The van der Waals surface area contributed by atoms with E-state index in [9.17, 15) is 17.3 Å². The molecule has 2 unspecified atom stereocenters. The van der Waals surface area contributed by atoms with Gasteiger partial charge in [0, 0.05) is 16.0 Å². The maximum absolute atomic E-state index is 9.75. The fourth-order valence-corrected chi connectivity index (χ4v) is 4.96. The maximum Gasteiger partial charge on any atom is 0.673 e. The Morgan fingerprint density at radius 2 is 1.74 bits per heavy atom. The van der Waals surface area contributed by atoms with Crippen LogP contribution in [0.25, 0.3) is 5.69 Å². The summed E-state index contributed by atoms with van der Waals surface area (Å²) in [5, 5.41) is 4.87. The summed E-state index contributed by atoms with van der Waals surface area (Å²) in [5.41, 5.74) is 7.66. The number of fused-ring (bicyclic) bond motifs is 5. The summed E-state index contributed by atoms with van der Waals surface area (Å²) >= 11 is 3.62. The molecule has 1 aliphatic carbocycles. The third kappa shape index (κ3) is 4.55. The predicted octanol–water partition coefficient (Wildman–Crippen LogP) is 5.19. The van der Waals surface area contributed by atoms with Gasteiger partial charge in [-0.25, -0.2) is 4.57 Å². The molecule has 0 saturated heterocycles. The van der Waals surface area contributed by atoms with Crippen LogP contribution in [0, 0.1) is 20.8 Å². The Labute approximate surface area is 186 Å². The largest absolute Gasteiger partial charge is 0.673 e. The van der Waals surface area contributed by atoms with Crippen LogP contribution in [0.5, 0.6) is 0 Å². The van der Waals surface area contributed by atoms with Crippen LogP contribution < -0.4 is 4.57 Å². The van der Waals surface area contributed by atoms with Crippen LogP contribution in [0.1, 0.15) is 39.7 Å². The Kier molecular flexibility index (Phi) is 5.72. The van der Waals surface area contributed by atoms with Crippen LogP contribution in [-0.4, -0.2) is 23.1 Å². The first-order chi connectivity index (χ1) is 14.5. The van der Waals surface area contributed by atoms with Gasteiger partial charge in [-0.1, -0.05) is 44.4 Å². The number of rotatable bonds is 1. The average Bonchev–Trinajstić information content (AvgIpc) is 3.19. The maximum atomic E-state index is 9.75. The van der Waals surface area contributed by atoms with Crippen molar-refractivity contribution < 1.29 is 26.6 Å². The molecule has 1 aliphatic heterocycles. The minimum absolute atomic E-state index is 0.190. The normalized spacial score (nSPS) is 19.2. The molecular formula is C21H21BBrF4N3O. The standard InChI is InChI=1S/C21H21BrN3O.BF4/c1-12-6-13(2)20(14(3)7-12)25-11-24-19(23-25)10-26-18-8-15-4-5-16(22)9-17(15)21(18)24;2-1(3,4)5/h4-7,9,11,18,21H,8,10H2,1-3H3;/q+1;-1. The van der Waals surface area contributed by atoms with Crippen LogP contribution in [0.2, 0.25) is 0 Å². The molecule has 0 saturated carbocycles. The van der Waals surface area contributed by atoms with Crippen molar-refractivity contribution in [2.75, 3.05) is 0 Å². The fourth-order valence-electron chi connectivity index (χ4n) is 4.58. The smallest absolute Gasteiger partial charge is 0.418 e. The summed E-state index contributed by atoms with van der Waals surface area (Å²) in [4.78, 5) is 0. The lowest BCUT2D eigenvalue weighted by Gasteiger charge is -2.23. The van der Waals surface area contributed by atoms with Gasteiger partial charge in [0.05, 0.1) is 0 Å². The average molecular weight is 498 g/mol. The van der Waals surface area contributed by atoms with Crippen molar-refractivity contribution in [3.05, 3.63) is 74.8 Å². The number of hydrogen-bond donors (Lipinski definition) is 0. The van der Waals surface area contributed by atoms with Crippen molar-refractivity contribution in [1.82, 2.24) is 9.78 Å². The molecule has 2 aliphatic rings. The van der Waals surface area contributed by atoms with Crippen LogP contribution in [0.15, 0.2) is 41.1 Å². The lowest BCUT2D eigenvalue weighted by atomic mass is 10.1. The highest BCUT2D eigenvalue weighted by molar-refractivity contribution is 9.10. The zero-order valence-corrected chi connectivity index (χ0v) is 18.8. The lowest BCUT2D eigenvalue weighted by Crippen LogP contribution is -2.51. The van der Waals surface area contributed by atoms with Gasteiger partial charge in [-0.05, 0) is 55.2 Å². The molecule has 31 heavy (non-hydrogen) atoms. The quantitative estimate of drug-likeness (QED) is 0.263. The van der Waals surface area contributed by atoms with Gasteiger partial charge in [0.1, 0.15) is 24.4 Å². The topological polar surface area (TPSA) is 30.9 Å². The van der Waals surface area contributed by atoms with Crippen molar-refractivity contribution >= 4 is 23.2 Å². The lowest BCUT2D eigenvalue weighted by molar-refractivity contribution is -0.739. The molecule has 0 radical (unpaired) electrons. The number of hydrogen-bond acceptors (Lipinski definition) is 2. The third-order valence-electron chi connectivity index (χ3n) is 5.55. The molecule has 0 fully saturated rings. The summed E-state index contributed by atoms with van der Waals surface area (Å²) in [7, 11) is -6.00. The Hall–Kier alpha value is -2.20. The molecule has 4 nitrogen and oxygen atoms in total. The van der Waals surface area contributed by atoms with Crippen molar-refractivity contribution in [3.63, 3.8) is 0 Å². The van der Waals surface area contributed by atoms with E-state index in [1.807, 2.05) is 4.68 Å². The third-order valence-corrected chi connectivity index (χ3v) is 6.04. The summed E-state index contributed by atoms with van der Waals surface area (Å²) in [6, 6.07) is 11.2. The number of aromatic nitrogens is 3. The SMILES string of the molecule is Cc1cc(C)c(-n2c[n+]3c(n2)COC2Cc4ccc(Br)cc4C23)c(C)c1.F[B-](F)(F)F. The molecule has 0 bridgehead atoms. The summed E-state index contributed by atoms with van der Waals surface area (Å²) < 4.78 is 50.6. The van der Waals surface area contributed by atoms with Crippen molar-refractivity contribution in [1.29, 1.82) is 0 Å². The zero-order valence-electron chi connectivity index (χ0n) is 17.3. The zero-order chi connectivity index (χ0) is 22.5. The van der Waals surface area contributed by atoms with E-state index in [1.54, 1.807) is 0 Å². The second-order valence-corrected chi connectivity index (χ2v) is 8.88. The Morgan fingerprint density at radius 1 is 1.10 bits per heavy atom. The number of halogens is 5. The van der Waals surface area contributed by atoms with Gasteiger partial charge in [0.15, 0.2) is 0 Å². The second kappa shape index (κ2) is 8.05. The van der Waals surface area contributed by atoms with E-state index >= 15 is 0 Å². The molecule has 0 amide bonds. The van der Waals surface area contributed by atoms with Gasteiger partial charge < -0.3 is 22.0 Å². The summed E-state index contributed by atoms with van der Waals surface area (Å²) in [6.45, 7) is 7.01. The number of nitrogens with zero attached hydrogens (tertiary/aromatic N) is 3. The molecule has 0 N–H and O–H groups in total. The summed E-state index contributed by atoms with van der Waals surface area (Å²) in [6.07, 6.45) is 3.30. The van der Waals surface area contributed by atoms with E-state index in [0.29, 0.717) is 6.61 Å². The first-order valence-corrected chi connectivity index (χ1v) is 10.7. The minimum atomic E-state index is -6.00. The molecule has 0 spiro atoms. The molecular weight excluding hydrogens is 477 g/mol. The van der Waals surface area contributed by atoms with E-state index in [1.165, 1.54) is 33.5 Å². The van der Waals surface area contributed by atoms with Gasteiger partial charge in [-0.2, -0.15) is 0 Å². The first-order valence-electron chi connectivity index (χ1n) is 9.86. The fraction of sp³-hybridized carbons (Fsp3) is 0.333. The van der Waals surface area contributed by atoms with E-state index in [2.05, 4.69) is 77.9 Å². The minimum Gasteiger partial charge on any atom is -0.418 e. The predicted molar refractivity (Wildman–Crippen MR) is 113 cm³/mol. The molecule has 164 valence electrons. The second-order valence-electron chi connectivity index (χ2n) is 7.97. The monoisotopic (exact) mass is 497 g/mol. The Bertz CT molecular complexity index is 1120. The Morgan fingerprint density at radius 3 is 2.39 bits per heavy atom. The van der Waals surface area contributed by atoms with Crippen molar-refractivity contribution in [2.24, 2.45) is 0 Å². The molecule has 2 aromatic carbocycles. The van der Waals surface area contributed by atoms with Gasteiger partial charge in [-0.3, -0.25) is 0 Å². The van der Waals surface area contributed by atoms with Gasteiger partial charge in [0.2, 0.25) is 6.33 Å². The molecule has 10 heteroatoms. The molecule has 3 aromatic rings. The van der Waals surface area contributed by atoms with Gasteiger partial charge in [0.25, 0.3) is 0 Å². The molecule has 1 aromatic heterocycles. The van der Waals surface area contributed by atoms with Crippen molar-refractivity contribution in [3.8, 4) is 5.69 Å². The molecule has 5 rings (SSSR count). The highest BCUT2D eigenvalue weighted by Crippen LogP contribution is 2.37. The molecule has 2 heterocycles. The van der Waals surface area contributed by atoms with Gasteiger partial charge in [-0.15, -0.1) is 0 Å². The molecule has 2 atom stereocenters. The van der Waals surface area contributed by atoms with E-state index in [0.717, 1.165) is 16.7 Å². The van der Waals surface area contributed by atoms with Crippen LogP contribution >= 0.6 is 15.9 Å². The first kappa shape index (κ1) is 22.0. The number of ether oxygens (including phenoxy) is 1.